The van der Waals surface area contributed by atoms with E-state index in [1.807, 2.05) is 0 Å². The van der Waals surface area contributed by atoms with Crippen molar-refractivity contribution < 1.29 is 28.6 Å². The first-order valence-corrected chi connectivity index (χ1v) is 27.1. The van der Waals surface area contributed by atoms with Gasteiger partial charge in [-0.1, -0.05) is 213 Å². The van der Waals surface area contributed by atoms with Gasteiger partial charge in [-0.25, -0.2) is 0 Å². The van der Waals surface area contributed by atoms with Crippen molar-refractivity contribution in [2.45, 2.75) is 232 Å². The second kappa shape index (κ2) is 54.4. The lowest BCUT2D eigenvalue weighted by Crippen LogP contribution is -2.30. The molecule has 0 aromatic rings. The minimum Gasteiger partial charge on any atom is -0.462 e. The monoisotopic (exact) mass is 927 g/mol. The summed E-state index contributed by atoms with van der Waals surface area (Å²) in [6.45, 7) is 6.29. The van der Waals surface area contributed by atoms with Crippen LogP contribution >= 0.6 is 0 Å². The highest BCUT2D eigenvalue weighted by Crippen LogP contribution is 2.14. The van der Waals surface area contributed by atoms with Crippen LogP contribution in [0, 0.1) is 0 Å². The maximum Gasteiger partial charge on any atom is 0.306 e. The van der Waals surface area contributed by atoms with Gasteiger partial charge in [0.1, 0.15) is 13.2 Å². The van der Waals surface area contributed by atoms with E-state index in [-0.39, 0.29) is 37.5 Å². The fourth-order valence-corrected chi connectivity index (χ4v) is 6.95. The molecular weight excluding hydrogens is 829 g/mol. The number of esters is 3. The first kappa shape index (κ1) is 62.8. The highest BCUT2D eigenvalue weighted by molar-refractivity contribution is 5.71. The largest absolute Gasteiger partial charge is 0.462 e. The van der Waals surface area contributed by atoms with Crippen LogP contribution in [0.15, 0.2) is 122 Å². The zero-order valence-corrected chi connectivity index (χ0v) is 43.1. The van der Waals surface area contributed by atoms with Gasteiger partial charge in [-0.15, -0.1) is 0 Å². The number of unbranched alkanes of at least 4 members (excludes halogenated alkanes) is 17. The van der Waals surface area contributed by atoms with E-state index in [9.17, 15) is 14.4 Å². The van der Waals surface area contributed by atoms with Gasteiger partial charge in [-0.3, -0.25) is 14.4 Å². The first-order valence-electron chi connectivity index (χ1n) is 27.1. The van der Waals surface area contributed by atoms with Gasteiger partial charge in [0.15, 0.2) is 6.10 Å². The molecule has 67 heavy (non-hydrogen) atoms. The lowest BCUT2D eigenvalue weighted by molar-refractivity contribution is -0.167. The number of hydrogen-bond acceptors (Lipinski definition) is 6. The number of carbonyl (C=O) groups excluding carboxylic acids is 3. The Morgan fingerprint density at radius 1 is 0.328 bits per heavy atom. The fourth-order valence-electron chi connectivity index (χ4n) is 6.95. The second-order valence-electron chi connectivity index (χ2n) is 17.4. The number of hydrogen-bond donors (Lipinski definition) is 0. The summed E-state index contributed by atoms with van der Waals surface area (Å²) in [4.78, 5) is 38.0. The second-order valence-corrected chi connectivity index (χ2v) is 17.4. The summed E-state index contributed by atoms with van der Waals surface area (Å²) in [6, 6.07) is 0. The highest BCUT2D eigenvalue weighted by atomic mass is 16.6. The van der Waals surface area contributed by atoms with Crippen molar-refractivity contribution in [2.24, 2.45) is 0 Å². The van der Waals surface area contributed by atoms with E-state index in [0.29, 0.717) is 19.3 Å². The van der Waals surface area contributed by atoms with E-state index in [1.54, 1.807) is 0 Å². The van der Waals surface area contributed by atoms with Gasteiger partial charge in [-0.05, 0) is 116 Å². The first-order chi connectivity index (χ1) is 33.0. The fraction of sp³-hybridized carbons (Fsp3) is 0.623. The molecule has 378 valence electrons. The molecule has 0 fully saturated rings. The smallest absolute Gasteiger partial charge is 0.306 e. The molecule has 0 aliphatic carbocycles. The third-order valence-corrected chi connectivity index (χ3v) is 11.0. The van der Waals surface area contributed by atoms with Crippen LogP contribution < -0.4 is 0 Å². The molecule has 0 radical (unpaired) electrons. The molecule has 0 aromatic carbocycles. The molecule has 1 unspecified atom stereocenters. The molecule has 0 heterocycles. The van der Waals surface area contributed by atoms with E-state index >= 15 is 0 Å². The van der Waals surface area contributed by atoms with Crippen LogP contribution in [-0.4, -0.2) is 37.2 Å². The minimum atomic E-state index is -0.817. The summed E-state index contributed by atoms with van der Waals surface area (Å²) in [7, 11) is 0. The van der Waals surface area contributed by atoms with Crippen molar-refractivity contribution in [3.63, 3.8) is 0 Å². The van der Waals surface area contributed by atoms with E-state index in [0.717, 1.165) is 103 Å². The Morgan fingerprint density at radius 3 is 1.07 bits per heavy atom. The molecule has 0 rings (SSSR count). The molecule has 0 aromatic heterocycles. The molecular formula is C61H98O6. The summed E-state index contributed by atoms with van der Waals surface area (Å²) < 4.78 is 16.7. The number of allylic oxidation sites excluding steroid dienone is 20. The van der Waals surface area contributed by atoms with Crippen molar-refractivity contribution in [1.29, 1.82) is 0 Å². The number of rotatable bonds is 47. The molecule has 0 bridgehead atoms. The topological polar surface area (TPSA) is 78.9 Å². The summed E-state index contributed by atoms with van der Waals surface area (Å²) in [5.41, 5.74) is 0. The number of carbonyl (C=O) groups is 3. The maximum absolute atomic E-state index is 12.8. The minimum absolute atomic E-state index is 0.115. The van der Waals surface area contributed by atoms with Gasteiger partial charge in [0.25, 0.3) is 0 Å². The Kier molecular flexibility index (Phi) is 51.0. The van der Waals surface area contributed by atoms with Gasteiger partial charge >= 0.3 is 17.9 Å². The predicted octanol–water partition coefficient (Wildman–Crippen LogP) is 18.1. The summed E-state index contributed by atoms with van der Waals surface area (Å²) in [5.74, 6) is -1.01. The van der Waals surface area contributed by atoms with Crippen molar-refractivity contribution in [3.8, 4) is 0 Å². The van der Waals surface area contributed by atoms with Crippen molar-refractivity contribution in [2.75, 3.05) is 13.2 Å². The molecule has 0 spiro atoms. The zero-order chi connectivity index (χ0) is 48.6. The van der Waals surface area contributed by atoms with Crippen LogP contribution in [0.1, 0.15) is 226 Å². The summed E-state index contributed by atoms with van der Waals surface area (Å²) >= 11 is 0. The number of ether oxygens (including phenoxy) is 3. The van der Waals surface area contributed by atoms with Gasteiger partial charge in [-0.2, -0.15) is 0 Å². The average Bonchev–Trinajstić information content (AvgIpc) is 3.33. The molecule has 0 amide bonds. The van der Waals surface area contributed by atoms with Crippen LogP contribution in [0.25, 0.3) is 0 Å². The van der Waals surface area contributed by atoms with Gasteiger partial charge in [0, 0.05) is 19.3 Å². The highest BCUT2D eigenvalue weighted by Gasteiger charge is 2.19. The van der Waals surface area contributed by atoms with Crippen LogP contribution in [0.2, 0.25) is 0 Å². The Hall–Kier alpha value is -4.19. The molecule has 1 atom stereocenters. The molecule has 0 aliphatic rings. The summed E-state index contributed by atoms with van der Waals surface area (Å²) in [5, 5.41) is 0. The third kappa shape index (κ3) is 52.6. The van der Waals surface area contributed by atoms with Crippen molar-refractivity contribution in [1.82, 2.24) is 0 Å². The zero-order valence-electron chi connectivity index (χ0n) is 43.1. The summed E-state index contributed by atoms with van der Waals surface area (Å²) in [6.07, 6.45) is 74.8. The van der Waals surface area contributed by atoms with Gasteiger partial charge in [0.2, 0.25) is 0 Å². The Labute approximate surface area is 412 Å². The van der Waals surface area contributed by atoms with E-state index in [4.69, 9.17) is 14.2 Å². The van der Waals surface area contributed by atoms with Crippen LogP contribution in [0.4, 0.5) is 0 Å². The average molecular weight is 927 g/mol. The Balaban J connectivity index is 4.47. The lowest BCUT2D eigenvalue weighted by atomic mass is 10.1. The molecule has 6 heteroatoms. The SMILES string of the molecule is CC/C=C\C/C=C\C/C=C\C/C=C\C/C=C\CCCCCC(=O)OCC(COC(=O)CCC/C=C\C/C=C\C/C=C\CC)OC(=O)CCCCCCCCCCCC/C=C\C=C/CCCCC. The standard InChI is InChI=1S/C61H98O6/c1-4-7-10-13-16-19-22-24-26-28-30-32-34-36-39-42-45-48-51-54-60(63)66-57-58(56-65-59(62)53-50-47-44-41-38-21-18-15-12-9-6-3)67-61(64)55-52-49-46-43-40-37-35-33-31-29-27-25-23-20-17-14-11-8-5-2/h7,9-10,12,16-21,23-26,30,32,36,39,41,44,58H,4-6,8,11,13-15,22,27-29,31,33-35,37-38,40,42-43,45-57H2,1-3H3/b10-7-,12-9-,19-16-,20-17-,21-18-,25-23-,26-24-,32-30-,39-36-,44-41-. The van der Waals surface area contributed by atoms with Crippen LogP contribution in [0.3, 0.4) is 0 Å². The molecule has 0 N–H and O–H groups in total. The Bertz CT molecular complexity index is 1440. The van der Waals surface area contributed by atoms with E-state index in [2.05, 4.69) is 142 Å². The maximum atomic E-state index is 12.8. The van der Waals surface area contributed by atoms with Crippen molar-refractivity contribution in [3.05, 3.63) is 122 Å². The van der Waals surface area contributed by atoms with E-state index in [1.165, 1.54) is 77.0 Å². The predicted molar refractivity (Wildman–Crippen MR) is 288 cm³/mol. The Morgan fingerprint density at radius 2 is 0.642 bits per heavy atom. The van der Waals surface area contributed by atoms with Crippen LogP contribution in [-0.2, 0) is 28.6 Å². The third-order valence-electron chi connectivity index (χ3n) is 11.0. The van der Waals surface area contributed by atoms with Crippen molar-refractivity contribution >= 4 is 17.9 Å². The van der Waals surface area contributed by atoms with Crippen LogP contribution in [0.5, 0.6) is 0 Å². The molecule has 0 saturated heterocycles. The quantitative estimate of drug-likeness (QED) is 0.0199. The molecule has 6 nitrogen and oxygen atoms in total. The molecule has 0 saturated carbocycles. The normalized spacial score (nSPS) is 13.1. The lowest BCUT2D eigenvalue weighted by Gasteiger charge is -2.18. The molecule has 0 aliphatic heterocycles. The van der Waals surface area contributed by atoms with Gasteiger partial charge < -0.3 is 14.2 Å². The van der Waals surface area contributed by atoms with Gasteiger partial charge in [0.05, 0.1) is 0 Å². The van der Waals surface area contributed by atoms with E-state index < -0.39 is 6.10 Å².